The predicted molar refractivity (Wildman–Crippen MR) is 233 cm³/mol. The number of nitrogens with two attached hydrogens (primary N) is 1. The number of benzene rings is 2. The number of nitrogens with zero attached hydrogens (tertiary/aromatic N) is 1. The first-order chi connectivity index (χ1) is 28.7. The number of fused-ring (bicyclic) bond motifs is 3. The summed E-state index contributed by atoms with van der Waals surface area (Å²) in [5.41, 5.74) is 12.2. The van der Waals surface area contributed by atoms with Gasteiger partial charge in [0.25, 0.3) is 0 Å². The predicted octanol–water partition coefficient (Wildman–Crippen LogP) is 6.57. The number of hydrogen-bond acceptors (Lipinski definition) is 9. The van der Waals surface area contributed by atoms with Crippen LogP contribution in [0.1, 0.15) is 113 Å². The Morgan fingerprint density at radius 3 is 2.78 bits per heavy atom. The Bertz CT molecular complexity index is 1810. The van der Waals surface area contributed by atoms with Gasteiger partial charge in [-0.1, -0.05) is 74.6 Å². The monoisotopic (exact) mass is 811 g/mol. The van der Waals surface area contributed by atoms with Gasteiger partial charge in [0.1, 0.15) is 30.4 Å². The normalized spacial score (nSPS) is 26.4. The smallest absolute Gasteiger partial charge is 0.208 e. The van der Waals surface area contributed by atoms with Crippen LogP contribution in [0, 0.1) is 35.7 Å². The lowest BCUT2D eigenvalue weighted by atomic mass is 9.77. The van der Waals surface area contributed by atoms with E-state index >= 15 is 0 Å². The van der Waals surface area contributed by atoms with Crippen molar-refractivity contribution in [3.05, 3.63) is 101 Å². The Balaban J connectivity index is 0.821. The van der Waals surface area contributed by atoms with E-state index in [4.69, 9.17) is 20.2 Å². The zero-order chi connectivity index (χ0) is 41.3. The van der Waals surface area contributed by atoms with Crippen LogP contribution >= 0.6 is 0 Å². The van der Waals surface area contributed by atoms with E-state index in [0.29, 0.717) is 48.6 Å². The molecule has 0 spiro atoms. The summed E-state index contributed by atoms with van der Waals surface area (Å²) in [6, 6.07) is 13.4. The average molecular weight is 811 g/mol. The molecule has 7 rings (SSSR count). The molecule has 320 valence electrons. The van der Waals surface area contributed by atoms with Crippen LogP contribution < -0.4 is 15.8 Å². The van der Waals surface area contributed by atoms with Crippen LogP contribution in [0.4, 0.5) is 0 Å². The van der Waals surface area contributed by atoms with Crippen molar-refractivity contribution in [2.75, 3.05) is 26.3 Å². The van der Waals surface area contributed by atoms with Crippen molar-refractivity contribution in [3.8, 4) is 11.5 Å². The standard InChI is InChI=1S/C49H67N3O7/c1-31(54)27-51-28-42-39-13-8-10-33(39)19-21-43-41(42)26-44(52-43)46(56)30-58-48-23-32(16-22-45(48)55)15-20-38-25-36(29-53)47(59-38)14-5-3-2-4-11-37(50)24-35-18-17-34-9-6-7-12-40(34)49(35)57/h6-7,9,12,16-18,22-23,25-26,31,33,35,37,39,42,46-47,49,51,53-54,56-57,59H,2-5,8,10-11,13-15,19-21,24,27-30,50H2,1H3/p+1/t31-,33+,35-,37-,39-,42-,46-,47?,49-/m0/s1. The van der Waals surface area contributed by atoms with Gasteiger partial charge in [0.2, 0.25) is 5.70 Å². The van der Waals surface area contributed by atoms with Crippen molar-refractivity contribution < 1.29 is 35.0 Å². The minimum absolute atomic E-state index is 0.000840. The quantitative estimate of drug-likeness (QED) is 0.0422. The highest BCUT2D eigenvalue weighted by Crippen LogP contribution is 2.48. The molecule has 59 heavy (non-hydrogen) atoms. The number of phenolic OH excluding ortho intramolecular Hbond substituents is 1. The number of phenols is 1. The molecule has 9 atom stereocenters. The molecule has 0 aromatic heterocycles. The summed E-state index contributed by atoms with van der Waals surface area (Å²) in [5, 5.41) is 56.2. The Morgan fingerprint density at radius 2 is 1.93 bits per heavy atom. The summed E-state index contributed by atoms with van der Waals surface area (Å²) < 4.78 is 11.0. The number of unbranched alkanes of at least 4 members (excludes halogenated alkanes) is 3. The number of aliphatic imine (C=N–C) groups is 1. The maximum absolute atomic E-state index is 11.2. The highest BCUT2D eigenvalue weighted by molar-refractivity contribution is 6.03. The second-order valence-corrected chi connectivity index (χ2v) is 17.8. The van der Waals surface area contributed by atoms with Gasteiger partial charge in [-0.25, -0.2) is 0 Å². The molecule has 9 N–H and O–H groups in total. The molecule has 5 aliphatic rings. The topological polar surface area (TPSA) is 174 Å². The Morgan fingerprint density at radius 1 is 1.08 bits per heavy atom. The van der Waals surface area contributed by atoms with Crippen molar-refractivity contribution in [1.82, 2.24) is 5.32 Å². The summed E-state index contributed by atoms with van der Waals surface area (Å²) in [7, 11) is 0. The first-order valence-corrected chi connectivity index (χ1v) is 22.4. The number of aliphatic hydroxyl groups excluding tert-OH is 4. The van der Waals surface area contributed by atoms with Crippen LogP contribution in [0.5, 0.6) is 11.5 Å². The minimum Gasteiger partial charge on any atom is -0.504 e. The lowest BCUT2D eigenvalue weighted by Gasteiger charge is -2.27. The van der Waals surface area contributed by atoms with E-state index in [1.54, 1.807) is 13.0 Å². The molecular weight excluding hydrogens is 743 g/mol. The van der Waals surface area contributed by atoms with Crippen molar-refractivity contribution in [3.63, 3.8) is 0 Å². The van der Waals surface area contributed by atoms with Gasteiger partial charge in [0.05, 0.1) is 24.2 Å². The number of allylic oxidation sites excluding steroid dienone is 1. The van der Waals surface area contributed by atoms with Gasteiger partial charge >= 0.3 is 0 Å². The zero-order valence-corrected chi connectivity index (χ0v) is 34.9. The number of rotatable bonds is 21. The Labute approximate surface area is 351 Å². The van der Waals surface area contributed by atoms with Crippen LogP contribution in [0.15, 0.2) is 77.0 Å². The van der Waals surface area contributed by atoms with Gasteiger partial charge in [-0.05, 0) is 92.5 Å². The number of hydrogen-bond donors (Lipinski definition) is 7. The maximum Gasteiger partial charge on any atom is 0.208 e. The summed E-state index contributed by atoms with van der Waals surface area (Å²) >= 11 is 0. The molecule has 0 bridgehead atoms. The van der Waals surface area contributed by atoms with Gasteiger partial charge in [0, 0.05) is 44.5 Å². The largest absolute Gasteiger partial charge is 0.504 e. The molecular formula is C49H68N3O7+. The molecule has 1 unspecified atom stereocenters. The second-order valence-electron chi connectivity index (χ2n) is 17.8. The van der Waals surface area contributed by atoms with Crippen LogP contribution in [0.25, 0.3) is 6.08 Å². The third-order valence-electron chi connectivity index (χ3n) is 13.4. The van der Waals surface area contributed by atoms with Crippen molar-refractivity contribution in [1.29, 1.82) is 0 Å². The van der Waals surface area contributed by atoms with Gasteiger partial charge < -0.3 is 46.1 Å². The third-order valence-corrected chi connectivity index (χ3v) is 13.4. The van der Waals surface area contributed by atoms with E-state index < -0.39 is 18.3 Å². The molecule has 10 heteroatoms. The maximum atomic E-state index is 11.2. The summed E-state index contributed by atoms with van der Waals surface area (Å²) in [6.45, 7) is 3.13. The van der Waals surface area contributed by atoms with Crippen molar-refractivity contribution in [2.24, 2.45) is 34.4 Å². The van der Waals surface area contributed by atoms with E-state index in [1.165, 1.54) is 25.2 Å². The molecule has 2 heterocycles. The van der Waals surface area contributed by atoms with Gasteiger partial charge in [0.15, 0.2) is 17.6 Å². The Kier molecular flexibility index (Phi) is 15.3. The molecule has 2 saturated carbocycles. The molecule has 2 aromatic carbocycles. The fraction of sp³-hybridized carbons (Fsp3) is 0.571. The van der Waals surface area contributed by atoms with E-state index in [1.807, 2.05) is 42.5 Å². The zero-order valence-electron chi connectivity index (χ0n) is 34.9. The first kappa shape index (κ1) is 43.5. The first-order valence-electron chi connectivity index (χ1n) is 22.4. The number of ether oxygens (including phenoxy) is 2. The van der Waals surface area contributed by atoms with Gasteiger partial charge in [-0.15, -0.1) is 16.6 Å². The molecule has 0 saturated heterocycles. The van der Waals surface area contributed by atoms with Crippen LogP contribution in [-0.4, -0.2) is 86.6 Å². The van der Waals surface area contributed by atoms with E-state index in [2.05, 4.69) is 23.5 Å². The van der Waals surface area contributed by atoms with Crippen LogP contribution in [-0.2, 0) is 6.42 Å². The molecule has 0 radical (unpaired) electrons. The second kappa shape index (κ2) is 20.8. The minimum atomic E-state index is -0.932. The van der Waals surface area contributed by atoms with Crippen LogP contribution in [0.2, 0.25) is 0 Å². The van der Waals surface area contributed by atoms with Crippen LogP contribution in [0.3, 0.4) is 0 Å². The number of aromatic hydroxyl groups is 1. The molecule has 10 nitrogen and oxygen atoms in total. The number of aryl methyl sites for hydroxylation is 1. The highest BCUT2D eigenvalue weighted by atomic mass is 16.5. The molecule has 2 aliphatic heterocycles. The number of aliphatic hydroxyl groups is 6. The molecule has 0 amide bonds. The highest BCUT2D eigenvalue weighted by Gasteiger charge is 2.49. The molecule has 2 fully saturated rings. The SMILES string of the molecule is C[C@H](O)CNC[C@@H]1[C+]2C=C([C@@H](O)COc3cc(CC[C-]4C=C(CO)C(CCCCCC[C@H](N)C[C@@H]5C=Cc6ccccc6[C@H]5O)[OH+]4)ccc3O)N=C2CC[C@H]2CCC[C@@H]21. The van der Waals surface area contributed by atoms with Gasteiger partial charge in [-0.2, -0.15) is 0 Å². The van der Waals surface area contributed by atoms with Crippen molar-refractivity contribution >= 4 is 11.8 Å². The van der Waals surface area contributed by atoms with Crippen molar-refractivity contribution in [2.45, 2.75) is 127 Å². The summed E-state index contributed by atoms with van der Waals surface area (Å²) in [6.07, 6.45) is 21.6. The number of nitrogens with one attached hydrogen (secondary N) is 1. The fourth-order valence-corrected chi connectivity index (χ4v) is 10.2. The average Bonchev–Trinajstić information content (AvgIpc) is 3.97. The van der Waals surface area contributed by atoms with E-state index in [0.717, 1.165) is 98.4 Å². The van der Waals surface area contributed by atoms with E-state index in [-0.39, 0.29) is 37.0 Å². The lowest BCUT2D eigenvalue weighted by molar-refractivity contribution is -0.0552. The van der Waals surface area contributed by atoms with E-state index in [9.17, 15) is 25.5 Å². The third kappa shape index (κ3) is 11.2. The molecule has 3 aliphatic carbocycles. The summed E-state index contributed by atoms with van der Waals surface area (Å²) in [4.78, 5) is 4.92. The van der Waals surface area contributed by atoms with Gasteiger partial charge in [-0.3, -0.25) is 0 Å². The molecule has 2 aromatic rings. The Hall–Kier alpha value is -3.61. The fourth-order valence-electron chi connectivity index (χ4n) is 10.2. The lowest BCUT2D eigenvalue weighted by Crippen LogP contribution is -2.36. The summed E-state index contributed by atoms with van der Waals surface area (Å²) in [5.74, 6) is 3.23.